The van der Waals surface area contributed by atoms with Crippen LogP contribution in [-0.4, -0.2) is 13.6 Å². The van der Waals surface area contributed by atoms with E-state index in [1.165, 1.54) is 24.8 Å². The van der Waals surface area contributed by atoms with Crippen LogP contribution in [0.3, 0.4) is 0 Å². The van der Waals surface area contributed by atoms with Crippen molar-refractivity contribution in [2.45, 2.75) is 25.3 Å². The molecule has 2 heteroatoms. The van der Waals surface area contributed by atoms with Gasteiger partial charge in [-0.05, 0) is 32.0 Å². The SMILES string of the molecule is CNC(c1ccccc1)C1(CN)CCC1. The van der Waals surface area contributed by atoms with E-state index >= 15 is 0 Å². The Morgan fingerprint density at radius 2 is 2.00 bits per heavy atom. The van der Waals surface area contributed by atoms with Crippen molar-refractivity contribution < 1.29 is 0 Å². The summed E-state index contributed by atoms with van der Waals surface area (Å²) in [4.78, 5) is 0. The Morgan fingerprint density at radius 1 is 1.33 bits per heavy atom. The van der Waals surface area contributed by atoms with Crippen molar-refractivity contribution in [3.63, 3.8) is 0 Å². The van der Waals surface area contributed by atoms with Gasteiger partial charge in [0.2, 0.25) is 0 Å². The second kappa shape index (κ2) is 4.33. The van der Waals surface area contributed by atoms with Crippen LogP contribution in [0.15, 0.2) is 30.3 Å². The van der Waals surface area contributed by atoms with Crippen molar-refractivity contribution in [2.75, 3.05) is 13.6 Å². The maximum absolute atomic E-state index is 5.94. The van der Waals surface area contributed by atoms with Crippen molar-refractivity contribution >= 4 is 0 Å². The first-order valence-corrected chi connectivity index (χ1v) is 5.75. The molecule has 0 saturated heterocycles. The van der Waals surface area contributed by atoms with Gasteiger partial charge in [0.05, 0.1) is 0 Å². The molecule has 1 aliphatic carbocycles. The lowest BCUT2D eigenvalue weighted by molar-refractivity contribution is 0.0880. The summed E-state index contributed by atoms with van der Waals surface area (Å²) in [6, 6.07) is 11.1. The molecule has 1 aromatic rings. The molecule has 15 heavy (non-hydrogen) atoms. The molecule has 0 heterocycles. The minimum absolute atomic E-state index is 0.302. The van der Waals surface area contributed by atoms with E-state index in [4.69, 9.17) is 5.73 Å². The molecule has 0 radical (unpaired) electrons. The Morgan fingerprint density at radius 3 is 2.40 bits per heavy atom. The molecule has 1 saturated carbocycles. The lowest BCUT2D eigenvalue weighted by atomic mass is 9.62. The molecule has 1 atom stereocenters. The summed E-state index contributed by atoms with van der Waals surface area (Å²) in [7, 11) is 2.04. The van der Waals surface area contributed by atoms with Crippen LogP contribution in [0.25, 0.3) is 0 Å². The van der Waals surface area contributed by atoms with Crippen LogP contribution >= 0.6 is 0 Å². The molecule has 0 aromatic heterocycles. The standard InChI is InChI=1S/C13H20N2/c1-15-12(11-6-3-2-4-7-11)13(10-14)8-5-9-13/h2-4,6-7,12,15H,5,8-10,14H2,1H3. The topological polar surface area (TPSA) is 38.0 Å². The Balaban J connectivity index is 2.24. The lowest BCUT2D eigenvalue weighted by Gasteiger charge is -2.47. The monoisotopic (exact) mass is 204 g/mol. The molecule has 1 unspecified atom stereocenters. The number of nitrogens with one attached hydrogen (secondary N) is 1. The second-order valence-corrected chi connectivity index (χ2v) is 4.55. The summed E-state index contributed by atoms with van der Waals surface area (Å²) < 4.78 is 0. The zero-order valence-corrected chi connectivity index (χ0v) is 9.37. The highest BCUT2D eigenvalue weighted by molar-refractivity contribution is 5.22. The van der Waals surface area contributed by atoms with E-state index < -0.39 is 0 Å². The molecule has 1 aromatic carbocycles. The molecule has 1 fully saturated rings. The molecule has 0 amide bonds. The van der Waals surface area contributed by atoms with Gasteiger partial charge in [-0.25, -0.2) is 0 Å². The number of rotatable bonds is 4. The summed E-state index contributed by atoms with van der Waals surface area (Å²) in [5.74, 6) is 0. The molecule has 2 nitrogen and oxygen atoms in total. The van der Waals surface area contributed by atoms with Gasteiger partial charge in [0.1, 0.15) is 0 Å². The van der Waals surface area contributed by atoms with E-state index in [0.717, 1.165) is 6.54 Å². The predicted molar refractivity (Wildman–Crippen MR) is 63.6 cm³/mol. The van der Waals surface area contributed by atoms with Crippen LogP contribution in [0.1, 0.15) is 30.9 Å². The van der Waals surface area contributed by atoms with Gasteiger partial charge in [0.15, 0.2) is 0 Å². The van der Waals surface area contributed by atoms with Crippen molar-refractivity contribution in [2.24, 2.45) is 11.1 Å². The zero-order chi connectivity index (χ0) is 10.7. The Kier molecular flexibility index (Phi) is 3.08. The number of benzene rings is 1. The third kappa shape index (κ3) is 1.80. The number of hydrogen-bond donors (Lipinski definition) is 2. The van der Waals surface area contributed by atoms with E-state index in [1.807, 2.05) is 7.05 Å². The first kappa shape index (κ1) is 10.7. The van der Waals surface area contributed by atoms with Gasteiger partial charge >= 0.3 is 0 Å². The normalized spacial score (nSPS) is 20.7. The van der Waals surface area contributed by atoms with Crippen molar-refractivity contribution in [1.29, 1.82) is 0 Å². The lowest BCUT2D eigenvalue weighted by Crippen LogP contribution is -2.47. The van der Waals surface area contributed by atoms with Gasteiger partial charge < -0.3 is 11.1 Å². The maximum Gasteiger partial charge on any atom is 0.0386 e. The van der Waals surface area contributed by atoms with Gasteiger partial charge in [0, 0.05) is 11.5 Å². The maximum atomic E-state index is 5.94. The fraction of sp³-hybridized carbons (Fsp3) is 0.538. The molecule has 0 aliphatic heterocycles. The molecule has 2 rings (SSSR count). The van der Waals surface area contributed by atoms with E-state index in [9.17, 15) is 0 Å². The summed E-state index contributed by atoms with van der Waals surface area (Å²) in [6.45, 7) is 0.785. The third-order valence-corrected chi connectivity index (χ3v) is 3.79. The minimum atomic E-state index is 0.302. The smallest absolute Gasteiger partial charge is 0.0386 e. The average Bonchev–Trinajstić information content (AvgIpc) is 2.24. The summed E-state index contributed by atoms with van der Waals surface area (Å²) in [5.41, 5.74) is 7.61. The molecular formula is C13H20N2. The van der Waals surface area contributed by atoms with Crippen molar-refractivity contribution in [1.82, 2.24) is 5.32 Å². The zero-order valence-electron chi connectivity index (χ0n) is 9.37. The van der Waals surface area contributed by atoms with Crippen molar-refractivity contribution in [3.05, 3.63) is 35.9 Å². The van der Waals surface area contributed by atoms with E-state index in [1.54, 1.807) is 0 Å². The largest absolute Gasteiger partial charge is 0.330 e. The van der Waals surface area contributed by atoms with Gasteiger partial charge in [-0.3, -0.25) is 0 Å². The third-order valence-electron chi connectivity index (χ3n) is 3.79. The van der Waals surface area contributed by atoms with Gasteiger partial charge in [-0.1, -0.05) is 36.8 Å². The Hall–Kier alpha value is -0.860. The van der Waals surface area contributed by atoms with Gasteiger partial charge in [-0.15, -0.1) is 0 Å². The Labute approximate surface area is 91.9 Å². The molecule has 1 aliphatic rings. The number of nitrogens with two attached hydrogens (primary N) is 1. The summed E-state index contributed by atoms with van der Waals surface area (Å²) >= 11 is 0. The van der Waals surface area contributed by atoms with Gasteiger partial charge in [0.25, 0.3) is 0 Å². The molecule has 0 spiro atoms. The first-order valence-electron chi connectivity index (χ1n) is 5.75. The number of hydrogen-bond acceptors (Lipinski definition) is 2. The van der Waals surface area contributed by atoms with Crippen LogP contribution in [0.4, 0.5) is 0 Å². The highest BCUT2D eigenvalue weighted by Gasteiger charge is 2.42. The van der Waals surface area contributed by atoms with Gasteiger partial charge in [-0.2, -0.15) is 0 Å². The molecule has 0 bridgehead atoms. The highest BCUT2D eigenvalue weighted by Crippen LogP contribution is 2.49. The first-order chi connectivity index (χ1) is 7.32. The Bertz CT molecular complexity index is 298. The fourth-order valence-electron chi connectivity index (χ4n) is 2.71. The van der Waals surface area contributed by atoms with Crippen LogP contribution in [0, 0.1) is 5.41 Å². The minimum Gasteiger partial charge on any atom is -0.330 e. The van der Waals surface area contributed by atoms with E-state index in [-0.39, 0.29) is 0 Å². The molecular weight excluding hydrogens is 184 g/mol. The van der Waals surface area contributed by atoms with Crippen LogP contribution in [0.5, 0.6) is 0 Å². The van der Waals surface area contributed by atoms with E-state index in [2.05, 4.69) is 35.6 Å². The highest BCUT2D eigenvalue weighted by atomic mass is 14.9. The quantitative estimate of drug-likeness (QED) is 0.788. The van der Waals surface area contributed by atoms with Crippen LogP contribution < -0.4 is 11.1 Å². The fourth-order valence-corrected chi connectivity index (χ4v) is 2.71. The summed E-state index contributed by atoms with van der Waals surface area (Å²) in [5, 5.41) is 3.43. The van der Waals surface area contributed by atoms with Crippen molar-refractivity contribution in [3.8, 4) is 0 Å². The van der Waals surface area contributed by atoms with E-state index in [0.29, 0.717) is 11.5 Å². The summed E-state index contributed by atoms with van der Waals surface area (Å²) in [6.07, 6.45) is 3.83. The molecule has 82 valence electrons. The van der Waals surface area contributed by atoms with Crippen LogP contribution in [-0.2, 0) is 0 Å². The predicted octanol–water partition coefficient (Wildman–Crippen LogP) is 2.08. The van der Waals surface area contributed by atoms with Crippen LogP contribution in [0.2, 0.25) is 0 Å². The average molecular weight is 204 g/mol. The second-order valence-electron chi connectivity index (χ2n) is 4.55. The molecule has 3 N–H and O–H groups in total.